The van der Waals surface area contributed by atoms with Crippen molar-refractivity contribution in [2.45, 2.75) is 31.5 Å². The molecule has 0 amide bonds. The Morgan fingerprint density at radius 3 is 2.21 bits per heavy atom. The molecular formula is C16H22Cl2F4N2. The third kappa shape index (κ3) is 4.54. The molecule has 0 aromatic heterocycles. The number of nitrogens with one attached hydrogen (secondary N) is 1. The molecule has 1 saturated heterocycles. The zero-order valence-corrected chi connectivity index (χ0v) is 14.7. The Hall–Kier alpha value is -0.560. The number of benzene rings is 1. The maximum Gasteiger partial charge on any atom is 0.416 e. The molecule has 3 rings (SSSR count). The van der Waals surface area contributed by atoms with Gasteiger partial charge in [-0.05, 0) is 42.5 Å². The van der Waals surface area contributed by atoms with E-state index in [-0.39, 0.29) is 42.3 Å². The fraction of sp³-hybridized carbons (Fsp3) is 0.625. The molecule has 1 aromatic rings. The zero-order chi connectivity index (χ0) is 15.7. The SMILES string of the molecule is Cl.Cl.Fc1ccc(C(F)(F)F)c([C@H](C2CCC2)N2CCNCC2)c1. The Balaban J connectivity index is 0.00000144. The second kappa shape index (κ2) is 8.70. The van der Waals surface area contributed by atoms with Crippen molar-refractivity contribution in [2.24, 2.45) is 5.92 Å². The molecule has 2 fully saturated rings. The standard InChI is InChI=1S/C16H20F4N2.2ClH/c17-12-4-5-14(16(18,19)20)13(10-12)15(11-2-1-3-11)22-8-6-21-7-9-22;;/h4-5,10-11,15,21H,1-3,6-9H2;2*1H/t15-;;/m0../s1. The highest BCUT2D eigenvalue weighted by Gasteiger charge is 2.41. The molecule has 0 radical (unpaired) electrons. The highest BCUT2D eigenvalue weighted by molar-refractivity contribution is 5.85. The minimum Gasteiger partial charge on any atom is -0.314 e. The Kier molecular flexibility index (Phi) is 7.78. The summed E-state index contributed by atoms with van der Waals surface area (Å²) in [6.45, 7) is 2.93. The van der Waals surface area contributed by atoms with E-state index in [1.165, 1.54) is 0 Å². The molecule has 0 bridgehead atoms. The molecule has 1 aliphatic carbocycles. The first-order valence-corrected chi connectivity index (χ1v) is 7.78. The van der Waals surface area contributed by atoms with Gasteiger partial charge in [-0.15, -0.1) is 24.8 Å². The second-order valence-electron chi connectivity index (χ2n) is 6.15. The van der Waals surface area contributed by atoms with Crippen LogP contribution in [0.2, 0.25) is 0 Å². The van der Waals surface area contributed by atoms with Crippen LogP contribution in [-0.4, -0.2) is 31.1 Å². The van der Waals surface area contributed by atoms with Crippen molar-refractivity contribution in [1.29, 1.82) is 0 Å². The van der Waals surface area contributed by atoms with E-state index in [9.17, 15) is 17.6 Å². The largest absolute Gasteiger partial charge is 0.416 e. The molecule has 1 heterocycles. The van der Waals surface area contributed by atoms with Gasteiger partial charge in [-0.1, -0.05) is 6.42 Å². The van der Waals surface area contributed by atoms with Crippen LogP contribution in [0.4, 0.5) is 17.6 Å². The van der Waals surface area contributed by atoms with Crippen LogP contribution in [0.15, 0.2) is 18.2 Å². The van der Waals surface area contributed by atoms with Gasteiger partial charge in [0, 0.05) is 32.2 Å². The van der Waals surface area contributed by atoms with Crippen molar-refractivity contribution in [2.75, 3.05) is 26.2 Å². The number of halogens is 6. The van der Waals surface area contributed by atoms with Crippen LogP contribution < -0.4 is 5.32 Å². The summed E-state index contributed by atoms with van der Waals surface area (Å²) in [6.07, 6.45) is -1.56. The van der Waals surface area contributed by atoms with Gasteiger partial charge in [-0.25, -0.2) is 4.39 Å². The Morgan fingerprint density at radius 1 is 1.08 bits per heavy atom. The zero-order valence-electron chi connectivity index (χ0n) is 13.1. The molecule has 2 aliphatic rings. The fourth-order valence-corrected chi connectivity index (χ4v) is 3.50. The molecule has 24 heavy (non-hydrogen) atoms. The van der Waals surface area contributed by atoms with E-state index in [1.807, 2.05) is 0 Å². The predicted molar refractivity (Wildman–Crippen MR) is 90.4 cm³/mol. The summed E-state index contributed by atoms with van der Waals surface area (Å²) < 4.78 is 53.7. The Labute approximate surface area is 151 Å². The summed E-state index contributed by atoms with van der Waals surface area (Å²) in [5, 5.41) is 3.21. The molecule has 1 N–H and O–H groups in total. The van der Waals surface area contributed by atoms with E-state index in [0.717, 1.165) is 50.6 Å². The van der Waals surface area contributed by atoms with E-state index in [1.54, 1.807) is 0 Å². The third-order valence-electron chi connectivity index (χ3n) is 4.78. The Morgan fingerprint density at radius 2 is 1.71 bits per heavy atom. The van der Waals surface area contributed by atoms with Crippen LogP contribution in [0.5, 0.6) is 0 Å². The summed E-state index contributed by atoms with van der Waals surface area (Å²) in [5.41, 5.74) is -0.580. The minimum atomic E-state index is -4.45. The van der Waals surface area contributed by atoms with Gasteiger partial charge >= 0.3 is 6.18 Å². The highest BCUT2D eigenvalue weighted by Crippen LogP contribution is 2.45. The number of hydrogen-bond donors (Lipinski definition) is 1. The van der Waals surface area contributed by atoms with Crippen LogP contribution in [0.25, 0.3) is 0 Å². The first-order chi connectivity index (χ1) is 10.5. The van der Waals surface area contributed by atoms with Crippen LogP contribution >= 0.6 is 24.8 Å². The highest BCUT2D eigenvalue weighted by atomic mass is 35.5. The van der Waals surface area contributed by atoms with E-state index >= 15 is 0 Å². The van der Waals surface area contributed by atoms with Crippen molar-refractivity contribution in [3.05, 3.63) is 35.1 Å². The molecule has 1 aliphatic heterocycles. The van der Waals surface area contributed by atoms with Gasteiger partial charge in [0.05, 0.1) is 5.56 Å². The van der Waals surface area contributed by atoms with Crippen molar-refractivity contribution in [3.8, 4) is 0 Å². The number of hydrogen-bond acceptors (Lipinski definition) is 2. The second-order valence-corrected chi connectivity index (χ2v) is 6.15. The lowest BCUT2D eigenvalue weighted by atomic mass is 9.75. The molecule has 2 nitrogen and oxygen atoms in total. The molecule has 0 unspecified atom stereocenters. The smallest absolute Gasteiger partial charge is 0.314 e. The number of alkyl halides is 3. The van der Waals surface area contributed by atoms with Gasteiger partial charge in [-0.2, -0.15) is 13.2 Å². The summed E-state index contributed by atoms with van der Waals surface area (Å²) in [4.78, 5) is 2.09. The van der Waals surface area contributed by atoms with Crippen LogP contribution in [0.3, 0.4) is 0 Å². The van der Waals surface area contributed by atoms with Gasteiger partial charge in [0.15, 0.2) is 0 Å². The molecule has 1 saturated carbocycles. The summed E-state index contributed by atoms with van der Waals surface area (Å²) in [7, 11) is 0. The van der Waals surface area contributed by atoms with Crippen molar-refractivity contribution < 1.29 is 17.6 Å². The number of nitrogens with zero attached hydrogens (tertiary/aromatic N) is 1. The summed E-state index contributed by atoms with van der Waals surface area (Å²) in [5.74, 6) is -0.400. The van der Waals surface area contributed by atoms with Gasteiger partial charge in [0.2, 0.25) is 0 Å². The number of rotatable bonds is 3. The molecule has 1 aromatic carbocycles. The molecule has 138 valence electrons. The molecular weight excluding hydrogens is 367 g/mol. The predicted octanol–water partition coefficient (Wildman–Crippen LogP) is 4.43. The van der Waals surface area contributed by atoms with Gasteiger partial charge in [0.25, 0.3) is 0 Å². The van der Waals surface area contributed by atoms with E-state index in [0.29, 0.717) is 13.1 Å². The average molecular weight is 389 g/mol. The normalized spacial score (nSPS) is 20.5. The lowest BCUT2D eigenvalue weighted by Crippen LogP contribution is -2.48. The maximum atomic E-state index is 13.7. The van der Waals surface area contributed by atoms with Gasteiger partial charge < -0.3 is 5.32 Å². The third-order valence-corrected chi connectivity index (χ3v) is 4.78. The van der Waals surface area contributed by atoms with E-state index < -0.39 is 17.6 Å². The fourth-order valence-electron chi connectivity index (χ4n) is 3.50. The van der Waals surface area contributed by atoms with E-state index in [4.69, 9.17) is 0 Å². The van der Waals surface area contributed by atoms with E-state index in [2.05, 4.69) is 10.2 Å². The van der Waals surface area contributed by atoms with Gasteiger partial charge in [-0.3, -0.25) is 4.90 Å². The first-order valence-electron chi connectivity index (χ1n) is 7.78. The topological polar surface area (TPSA) is 15.3 Å². The molecule has 0 spiro atoms. The van der Waals surface area contributed by atoms with Crippen molar-refractivity contribution in [1.82, 2.24) is 10.2 Å². The lowest BCUT2D eigenvalue weighted by molar-refractivity contribution is -0.139. The number of piperazine rings is 1. The molecule has 1 atom stereocenters. The average Bonchev–Trinajstić information content (AvgIpc) is 2.42. The summed E-state index contributed by atoms with van der Waals surface area (Å²) in [6, 6.07) is 2.55. The van der Waals surface area contributed by atoms with Crippen LogP contribution in [-0.2, 0) is 6.18 Å². The monoisotopic (exact) mass is 388 g/mol. The summed E-state index contributed by atoms with van der Waals surface area (Å²) >= 11 is 0. The Bertz CT molecular complexity index is 529. The van der Waals surface area contributed by atoms with Crippen LogP contribution in [0, 0.1) is 11.7 Å². The maximum absolute atomic E-state index is 13.7. The van der Waals surface area contributed by atoms with Crippen molar-refractivity contribution in [3.63, 3.8) is 0 Å². The van der Waals surface area contributed by atoms with Crippen LogP contribution in [0.1, 0.15) is 36.4 Å². The first kappa shape index (κ1) is 21.5. The lowest BCUT2D eigenvalue weighted by Gasteiger charge is -2.44. The molecule has 8 heteroatoms. The van der Waals surface area contributed by atoms with Crippen molar-refractivity contribution >= 4 is 24.8 Å². The van der Waals surface area contributed by atoms with Gasteiger partial charge in [0.1, 0.15) is 5.82 Å². The quantitative estimate of drug-likeness (QED) is 0.770. The minimum absolute atomic E-state index is 0.